The number of hydrogen-bond donors (Lipinski definition) is 0. The number of ether oxygens (including phenoxy) is 1. The molecule has 7 nitrogen and oxygen atoms in total. The van der Waals surface area contributed by atoms with E-state index in [9.17, 15) is 18.0 Å². The molecule has 13 heteroatoms. The maximum atomic E-state index is 12.7. The lowest BCUT2D eigenvalue weighted by Crippen LogP contribution is -2.11. The third-order valence-corrected chi connectivity index (χ3v) is 10.6. The van der Waals surface area contributed by atoms with Crippen molar-refractivity contribution in [1.29, 1.82) is 0 Å². The van der Waals surface area contributed by atoms with Gasteiger partial charge in [0.15, 0.2) is 0 Å². The first kappa shape index (κ1) is 39.6. The van der Waals surface area contributed by atoms with Crippen molar-refractivity contribution in [3.8, 4) is 17.0 Å². The Kier molecular flexibility index (Phi) is 13.8. The quantitative estimate of drug-likeness (QED) is 0.135. The van der Waals surface area contributed by atoms with Crippen LogP contribution in [-0.2, 0) is 37.0 Å². The molecule has 262 valence electrons. The number of carbonyl (C=O) groups is 1. The van der Waals surface area contributed by atoms with Crippen molar-refractivity contribution in [3.05, 3.63) is 88.4 Å². The Hall–Kier alpha value is -2.82. The second-order valence-corrected chi connectivity index (χ2v) is 15.5. The third-order valence-electron chi connectivity index (χ3n) is 7.81. The average Bonchev–Trinajstić information content (AvgIpc) is 3.55. The molecule has 48 heavy (non-hydrogen) atoms. The molecular weight excluding hydrogens is 684 g/mol. The van der Waals surface area contributed by atoms with E-state index in [1.54, 1.807) is 19.9 Å². The van der Waals surface area contributed by atoms with Crippen LogP contribution in [0, 0.1) is 31.1 Å². The van der Waals surface area contributed by atoms with Gasteiger partial charge in [0.1, 0.15) is 17.5 Å². The van der Waals surface area contributed by atoms with Crippen molar-refractivity contribution < 1.29 is 36.3 Å². The van der Waals surface area contributed by atoms with Crippen molar-refractivity contribution >= 4 is 36.1 Å². The number of aromatic nitrogens is 2. The molecule has 3 aromatic rings. The molecule has 0 spiro atoms. The smallest absolute Gasteiger partial charge is 0.426 e. The maximum absolute atomic E-state index is 12.7. The number of nitrogens with zero attached hydrogens (tertiary/aromatic N) is 2. The molecule has 2 atom stereocenters. The average molecular weight is 727 g/mol. The summed E-state index contributed by atoms with van der Waals surface area (Å²) in [5.74, 6) is -0.380. The van der Waals surface area contributed by atoms with Gasteiger partial charge in [0.2, 0.25) is 5.88 Å². The lowest BCUT2D eigenvalue weighted by Gasteiger charge is -2.20. The summed E-state index contributed by atoms with van der Waals surface area (Å²) in [7, 11) is 0. The van der Waals surface area contributed by atoms with Gasteiger partial charge in [-0.05, 0) is 61.3 Å². The van der Waals surface area contributed by atoms with Crippen LogP contribution < -0.4 is 4.52 Å². The van der Waals surface area contributed by atoms with E-state index >= 15 is 0 Å². The third kappa shape index (κ3) is 10.6. The Labute approximate surface area is 291 Å². The fraction of sp³-hybridized carbons (Fsp3) is 0.457. The van der Waals surface area contributed by atoms with Gasteiger partial charge in [-0.3, -0.25) is 13.8 Å². The Morgan fingerprint density at radius 1 is 1.04 bits per heavy atom. The number of alkyl halides is 3. The number of allylic oxidation sites excluding steroid dienone is 2. The topological polar surface area (TPSA) is 79.8 Å². The number of hydrogen-bond acceptors (Lipinski definition) is 8. The van der Waals surface area contributed by atoms with Gasteiger partial charge in [-0.2, -0.15) is 18.2 Å². The van der Waals surface area contributed by atoms with Crippen molar-refractivity contribution in [2.75, 3.05) is 13.2 Å². The number of aryl methyl sites for hydroxylation is 1. The lowest BCUT2D eigenvalue weighted by atomic mass is 9.97. The lowest BCUT2D eigenvalue weighted by molar-refractivity contribution is -0.147. The molecule has 1 saturated carbocycles. The van der Waals surface area contributed by atoms with E-state index in [0.717, 1.165) is 39.8 Å². The minimum Gasteiger partial charge on any atom is -0.461 e. The molecular formula is C35H43ClF3N2O5PS. The van der Waals surface area contributed by atoms with Crippen molar-refractivity contribution in [2.45, 2.75) is 74.1 Å². The zero-order valence-electron chi connectivity index (χ0n) is 28.4. The number of benzene rings is 2. The molecule has 0 radical (unpaired) electrons. The Morgan fingerprint density at radius 2 is 1.67 bits per heavy atom. The molecule has 0 N–H and O–H groups in total. The Bertz CT molecular complexity index is 1630. The second-order valence-electron chi connectivity index (χ2n) is 12.1. The van der Waals surface area contributed by atoms with Gasteiger partial charge in [-0.25, -0.2) is 4.98 Å². The standard InChI is InChI=1S/C23H22ClF3O2.C12H21N2O3PS/c1-14-16(10-7-11-17(14)15-8-5-4-6-9-15)13-29-21(28)20-18(22(20,2)3)12-19(24)23(25,26)27;1-6-15-18(19,16-7-2)17-11-8-10(5)13-12(14-11)9(3)4/h4-12,18,20H,13H2,1-3H3;8-9H,6-7H2,1-5H3/b19-12-;. The van der Waals surface area contributed by atoms with E-state index in [1.165, 1.54) is 0 Å². The normalized spacial score (nSPS) is 17.4. The molecule has 0 amide bonds. The molecule has 1 fully saturated rings. The first-order chi connectivity index (χ1) is 22.4. The number of esters is 1. The predicted molar refractivity (Wildman–Crippen MR) is 186 cm³/mol. The molecule has 0 bridgehead atoms. The van der Waals surface area contributed by atoms with E-state index in [0.29, 0.717) is 19.1 Å². The fourth-order valence-corrected chi connectivity index (χ4v) is 7.22. The van der Waals surface area contributed by atoms with Crippen molar-refractivity contribution in [3.63, 3.8) is 0 Å². The van der Waals surface area contributed by atoms with Crippen molar-refractivity contribution in [1.82, 2.24) is 9.97 Å². The van der Waals surface area contributed by atoms with Gasteiger partial charge in [0, 0.05) is 29.5 Å². The highest BCUT2D eigenvalue weighted by molar-refractivity contribution is 8.07. The first-order valence-corrected chi connectivity index (χ1v) is 18.6. The molecule has 4 rings (SSSR count). The minimum atomic E-state index is -4.61. The first-order valence-electron chi connectivity index (χ1n) is 15.6. The minimum absolute atomic E-state index is 0.0708. The molecule has 2 aromatic carbocycles. The van der Waals surface area contributed by atoms with Gasteiger partial charge in [-0.1, -0.05) is 93.9 Å². The molecule has 1 aliphatic rings. The highest BCUT2D eigenvalue weighted by Gasteiger charge is 2.62. The molecule has 1 aromatic heterocycles. The van der Waals surface area contributed by atoms with Gasteiger partial charge in [-0.15, -0.1) is 0 Å². The van der Waals surface area contributed by atoms with Crippen LogP contribution in [0.4, 0.5) is 13.2 Å². The zero-order valence-corrected chi connectivity index (χ0v) is 30.9. The van der Waals surface area contributed by atoms with E-state index in [2.05, 4.69) is 9.97 Å². The summed E-state index contributed by atoms with van der Waals surface area (Å²) in [5.41, 5.74) is 4.18. The van der Waals surface area contributed by atoms with E-state index < -0.39 is 41.1 Å². The molecule has 2 unspecified atom stereocenters. The fourth-order valence-electron chi connectivity index (χ4n) is 5.09. The SMILES string of the molecule is CCOP(=S)(OCC)Oc1cc(C)nc(C(C)C)n1.Cc1c(COC(=O)C2C(/C=C(\Cl)C(F)(F)F)C2(C)C)cccc1-c1ccccc1. The van der Waals surface area contributed by atoms with Crippen LogP contribution >= 0.6 is 18.3 Å². The van der Waals surface area contributed by atoms with Crippen LogP contribution in [0.25, 0.3) is 11.1 Å². The largest absolute Gasteiger partial charge is 0.461 e. The Balaban J connectivity index is 0.000000286. The van der Waals surface area contributed by atoms with Gasteiger partial charge < -0.3 is 9.26 Å². The Morgan fingerprint density at radius 3 is 2.23 bits per heavy atom. The highest BCUT2D eigenvalue weighted by Crippen LogP contribution is 2.60. The maximum Gasteiger partial charge on any atom is 0.426 e. The van der Waals surface area contributed by atoms with Crippen LogP contribution in [0.5, 0.6) is 5.88 Å². The van der Waals surface area contributed by atoms with Crippen molar-refractivity contribution in [2.24, 2.45) is 17.3 Å². The van der Waals surface area contributed by atoms with Crippen LogP contribution in [0.1, 0.15) is 70.1 Å². The zero-order chi connectivity index (χ0) is 35.9. The summed E-state index contributed by atoms with van der Waals surface area (Å²) in [6.07, 6.45) is -3.68. The van der Waals surface area contributed by atoms with E-state index in [-0.39, 0.29) is 12.5 Å². The second kappa shape index (κ2) is 16.7. The monoisotopic (exact) mass is 726 g/mol. The van der Waals surface area contributed by atoms with Crippen LogP contribution in [0.2, 0.25) is 0 Å². The summed E-state index contributed by atoms with van der Waals surface area (Å²) in [6, 6.07) is 17.4. The number of rotatable bonds is 12. The van der Waals surface area contributed by atoms with E-state index in [4.69, 9.17) is 41.7 Å². The van der Waals surface area contributed by atoms with Gasteiger partial charge in [0.05, 0.1) is 19.1 Å². The molecule has 1 heterocycles. The molecule has 0 aliphatic heterocycles. The number of carbonyl (C=O) groups excluding carboxylic acids is 1. The summed E-state index contributed by atoms with van der Waals surface area (Å²) in [5, 5.41) is -1.20. The van der Waals surface area contributed by atoms with Crippen LogP contribution in [0.3, 0.4) is 0 Å². The van der Waals surface area contributed by atoms with Crippen LogP contribution in [0.15, 0.2) is 65.7 Å². The van der Waals surface area contributed by atoms with Gasteiger partial charge >= 0.3 is 18.9 Å². The summed E-state index contributed by atoms with van der Waals surface area (Å²) in [4.78, 5) is 21.2. The van der Waals surface area contributed by atoms with Crippen LogP contribution in [-0.4, -0.2) is 35.3 Å². The van der Waals surface area contributed by atoms with Gasteiger partial charge in [0.25, 0.3) is 0 Å². The summed E-state index contributed by atoms with van der Waals surface area (Å²) in [6.45, 7) is 13.3. The molecule has 0 saturated heterocycles. The highest BCUT2D eigenvalue weighted by atomic mass is 35.5. The summed E-state index contributed by atoms with van der Waals surface area (Å²) < 4.78 is 60.1. The summed E-state index contributed by atoms with van der Waals surface area (Å²) >= 11 is 10.7. The number of halogens is 4. The van der Waals surface area contributed by atoms with E-state index in [1.807, 2.05) is 90.1 Å². The predicted octanol–water partition coefficient (Wildman–Crippen LogP) is 10.2. The molecule has 1 aliphatic carbocycles.